The number of carbonyl (C=O) groups is 1. The van der Waals surface area contributed by atoms with Gasteiger partial charge in [0.15, 0.2) is 0 Å². The summed E-state index contributed by atoms with van der Waals surface area (Å²) in [5, 5.41) is 9.04. The van der Waals surface area contributed by atoms with Crippen molar-refractivity contribution < 1.29 is 27.5 Å². The molecule has 0 saturated carbocycles. The number of sulfonamides is 1. The largest absolute Gasteiger partial charge is 0.495 e. The van der Waals surface area contributed by atoms with E-state index in [1.165, 1.54) is 19.2 Å². The van der Waals surface area contributed by atoms with Crippen molar-refractivity contribution in [2.75, 3.05) is 7.11 Å². The summed E-state index contributed by atoms with van der Waals surface area (Å²) in [6.45, 7) is 1.73. The van der Waals surface area contributed by atoms with Crippen LogP contribution < -0.4 is 9.46 Å². The van der Waals surface area contributed by atoms with E-state index in [1.54, 1.807) is 19.3 Å². The third-order valence-corrected chi connectivity index (χ3v) is 5.07. The highest BCUT2D eigenvalue weighted by Gasteiger charge is 2.23. The van der Waals surface area contributed by atoms with Gasteiger partial charge >= 0.3 is 5.97 Å². The highest BCUT2D eigenvalue weighted by molar-refractivity contribution is 7.89. The fraction of sp³-hybridized carbons (Fsp3) is 0.312. The van der Waals surface area contributed by atoms with Crippen LogP contribution in [0.3, 0.4) is 0 Å². The Kier molecular flexibility index (Phi) is 5.63. The maximum Gasteiger partial charge on any atom is 0.335 e. The van der Waals surface area contributed by atoms with Crippen LogP contribution in [-0.2, 0) is 16.4 Å². The summed E-state index contributed by atoms with van der Waals surface area (Å²) >= 11 is 0. The van der Waals surface area contributed by atoms with Crippen LogP contribution in [0.15, 0.2) is 45.9 Å². The Morgan fingerprint density at radius 3 is 2.71 bits per heavy atom. The van der Waals surface area contributed by atoms with Gasteiger partial charge in [0.05, 0.1) is 18.9 Å². The number of methoxy groups -OCH3 is 1. The first-order valence-corrected chi connectivity index (χ1v) is 8.78. The van der Waals surface area contributed by atoms with Gasteiger partial charge in [-0.25, -0.2) is 17.9 Å². The van der Waals surface area contributed by atoms with E-state index in [0.29, 0.717) is 12.8 Å². The van der Waals surface area contributed by atoms with E-state index in [4.69, 9.17) is 14.3 Å². The summed E-state index contributed by atoms with van der Waals surface area (Å²) in [5.74, 6) is -0.350. The minimum atomic E-state index is -3.92. The minimum absolute atomic E-state index is 0.0886. The Hall–Kier alpha value is -2.32. The van der Waals surface area contributed by atoms with Gasteiger partial charge in [-0.3, -0.25) is 0 Å². The van der Waals surface area contributed by atoms with Gasteiger partial charge in [0, 0.05) is 12.5 Å². The highest BCUT2D eigenvalue weighted by Crippen LogP contribution is 2.25. The van der Waals surface area contributed by atoms with Crippen molar-refractivity contribution in [1.82, 2.24) is 4.72 Å². The van der Waals surface area contributed by atoms with Gasteiger partial charge in [0.1, 0.15) is 16.4 Å². The smallest absolute Gasteiger partial charge is 0.335 e. The molecule has 130 valence electrons. The fourth-order valence-corrected chi connectivity index (χ4v) is 3.69. The van der Waals surface area contributed by atoms with Crippen molar-refractivity contribution >= 4 is 16.0 Å². The summed E-state index contributed by atoms with van der Waals surface area (Å²) in [4.78, 5) is 10.9. The van der Waals surface area contributed by atoms with Gasteiger partial charge in [-0.15, -0.1) is 0 Å². The molecule has 24 heavy (non-hydrogen) atoms. The third kappa shape index (κ3) is 4.36. The molecule has 0 aliphatic carbocycles. The van der Waals surface area contributed by atoms with E-state index in [1.807, 2.05) is 6.07 Å². The van der Waals surface area contributed by atoms with Gasteiger partial charge in [0.25, 0.3) is 0 Å². The van der Waals surface area contributed by atoms with Crippen molar-refractivity contribution in [2.45, 2.75) is 30.7 Å². The zero-order chi connectivity index (χ0) is 17.7. The van der Waals surface area contributed by atoms with Gasteiger partial charge in [-0.05, 0) is 43.7 Å². The van der Waals surface area contributed by atoms with E-state index >= 15 is 0 Å². The topological polar surface area (TPSA) is 106 Å². The Balaban J connectivity index is 2.16. The molecule has 7 nitrogen and oxygen atoms in total. The fourth-order valence-electron chi connectivity index (χ4n) is 2.22. The summed E-state index contributed by atoms with van der Waals surface area (Å²) in [5.41, 5.74) is -0.126. The first kappa shape index (κ1) is 18.0. The Labute approximate surface area is 140 Å². The number of aryl methyl sites for hydroxylation is 1. The number of rotatable bonds is 8. The average molecular weight is 353 g/mol. The lowest BCUT2D eigenvalue weighted by atomic mass is 10.2. The molecule has 1 aromatic carbocycles. The second-order valence-electron chi connectivity index (χ2n) is 5.31. The predicted octanol–water partition coefficient (Wildman–Crippen LogP) is 2.29. The lowest BCUT2D eigenvalue weighted by Crippen LogP contribution is -2.33. The molecule has 0 spiro atoms. The SMILES string of the molecule is COc1ccc(C(=O)O)cc1S(=O)(=O)N[C@@H](C)CCc1ccco1. The van der Waals surface area contributed by atoms with Crippen molar-refractivity contribution in [3.8, 4) is 5.75 Å². The molecule has 0 fully saturated rings. The molecule has 2 aromatic rings. The Morgan fingerprint density at radius 2 is 2.12 bits per heavy atom. The average Bonchev–Trinajstić information content (AvgIpc) is 3.05. The number of furan rings is 1. The molecule has 1 atom stereocenters. The number of ether oxygens (including phenoxy) is 1. The molecule has 0 saturated heterocycles. The normalized spacial score (nSPS) is 12.8. The first-order chi connectivity index (χ1) is 11.3. The van der Waals surface area contributed by atoms with Crippen LogP contribution in [0.2, 0.25) is 0 Å². The van der Waals surface area contributed by atoms with Crippen LogP contribution in [0.4, 0.5) is 0 Å². The molecular formula is C16H19NO6S. The summed E-state index contributed by atoms with van der Waals surface area (Å²) in [7, 11) is -2.59. The van der Waals surface area contributed by atoms with Crippen LogP contribution in [0.5, 0.6) is 5.75 Å². The molecule has 2 rings (SSSR count). The minimum Gasteiger partial charge on any atom is -0.495 e. The molecule has 1 aromatic heterocycles. The highest BCUT2D eigenvalue weighted by atomic mass is 32.2. The van der Waals surface area contributed by atoms with Crippen molar-refractivity contribution in [2.24, 2.45) is 0 Å². The zero-order valence-electron chi connectivity index (χ0n) is 13.4. The first-order valence-electron chi connectivity index (χ1n) is 7.29. The van der Waals surface area contributed by atoms with E-state index in [2.05, 4.69) is 4.72 Å². The zero-order valence-corrected chi connectivity index (χ0v) is 14.2. The van der Waals surface area contributed by atoms with Crippen LogP contribution in [-0.4, -0.2) is 32.6 Å². The second kappa shape index (κ2) is 7.50. The summed E-state index contributed by atoms with van der Waals surface area (Å²) < 4.78 is 37.9. The van der Waals surface area contributed by atoms with E-state index < -0.39 is 16.0 Å². The van der Waals surface area contributed by atoms with Crippen LogP contribution in [0.25, 0.3) is 0 Å². The van der Waals surface area contributed by atoms with Crippen LogP contribution in [0, 0.1) is 0 Å². The standard InChI is InChI=1S/C16H19NO6S/c1-11(5-7-13-4-3-9-23-13)17-24(20,21)15-10-12(16(18)19)6-8-14(15)22-2/h3-4,6,8-11,17H,5,7H2,1-2H3,(H,18,19)/t11-/m0/s1. The molecule has 0 radical (unpaired) electrons. The summed E-state index contributed by atoms with van der Waals surface area (Å²) in [6.07, 6.45) is 2.68. The number of hydrogen-bond donors (Lipinski definition) is 2. The molecule has 8 heteroatoms. The lowest BCUT2D eigenvalue weighted by Gasteiger charge is -2.16. The molecule has 0 unspecified atom stereocenters. The maximum atomic E-state index is 12.6. The number of carboxylic acids is 1. The Morgan fingerprint density at radius 1 is 1.38 bits per heavy atom. The number of nitrogens with one attached hydrogen (secondary N) is 1. The van der Waals surface area contributed by atoms with Gasteiger partial charge in [-0.2, -0.15) is 0 Å². The maximum absolute atomic E-state index is 12.6. The number of aromatic carboxylic acids is 1. The lowest BCUT2D eigenvalue weighted by molar-refractivity contribution is 0.0696. The van der Waals surface area contributed by atoms with Crippen molar-refractivity contribution in [3.05, 3.63) is 47.9 Å². The van der Waals surface area contributed by atoms with E-state index in [0.717, 1.165) is 11.8 Å². The second-order valence-corrected chi connectivity index (χ2v) is 6.99. The van der Waals surface area contributed by atoms with Crippen molar-refractivity contribution in [3.63, 3.8) is 0 Å². The molecule has 0 amide bonds. The molecular weight excluding hydrogens is 334 g/mol. The Bertz CT molecular complexity index is 798. The van der Waals surface area contributed by atoms with E-state index in [-0.39, 0.29) is 22.3 Å². The number of hydrogen-bond acceptors (Lipinski definition) is 5. The molecule has 0 aliphatic rings. The molecule has 0 bridgehead atoms. The van der Waals surface area contributed by atoms with Crippen LogP contribution >= 0.6 is 0 Å². The number of benzene rings is 1. The molecule has 0 aliphatic heterocycles. The van der Waals surface area contributed by atoms with E-state index in [9.17, 15) is 13.2 Å². The van der Waals surface area contributed by atoms with Crippen molar-refractivity contribution in [1.29, 1.82) is 0 Å². The quantitative estimate of drug-likeness (QED) is 0.754. The van der Waals surface area contributed by atoms with Crippen LogP contribution in [0.1, 0.15) is 29.5 Å². The van der Waals surface area contributed by atoms with Gasteiger partial charge < -0.3 is 14.3 Å². The third-order valence-electron chi connectivity index (χ3n) is 3.46. The predicted molar refractivity (Wildman–Crippen MR) is 86.8 cm³/mol. The van der Waals surface area contributed by atoms with Gasteiger partial charge in [-0.1, -0.05) is 0 Å². The number of carboxylic acid groups (broad SMARTS) is 1. The van der Waals surface area contributed by atoms with Gasteiger partial charge in [0.2, 0.25) is 10.0 Å². The molecule has 2 N–H and O–H groups in total. The summed E-state index contributed by atoms with van der Waals surface area (Å²) in [6, 6.07) is 6.93. The monoisotopic (exact) mass is 353 g/mol. The molecule has 1 heterocycles.